The van der Waals surface area contributed by atoms with Crippen molar-refractivity contribution < 1.29 is 13.5 Å². The molecule has 0 amide bonds. The van der Waals surface area contributed by atoms with E-state index in [4.69, 9.17) is 16.3 Å². The van der Waals surface area contributed by atoms with Crippen molar-refractivity contribution in [3.8, 4) is 17.4 Å². The van der Waals surface area contributed by atoms with Crippen LogP contribution in [-0.2, 0) is 0 Å². The first kappa shape index (κ1) is 12.6. The van der Waals surface area contributed by atoms with Crippen molar-refractivity contribution in [3.05, 3.63) is 35.1 Å². The molecule has 4 nitrogen and oxygen atoms in total. The van der Waals surface area contributed by atoms with Gasteiger partial charge < -0.3 is 4.74 Å². The van der Waals surface area contributed by atoms with E-state index in [0.717, 1.165) is 12.1 Å². The summed E-state index contributed by atoms with van der Waals surface area (Å²) in [6, 6.07) is 3.36. The van der Waals surface area contributed by atoms with Gasteiger partial charge in [0, 0.05) is 5.56 Å². The molecule has 0 saturated heterocycles. The SMILES string of the molecule is CCOc1nc(Cl)nc(-c2ccc(F)c(F)c2)n1. The lowest BCUT2D eigenvalue weighted by atomic mass is 10.2. The molecule has 0 atom stereocenters. The van der Waals surface area contributed by atoms with Crippen molar-refractivity contribution in [2.24, 2.45) is 0 Å². The fourth-order valence-corrected chi connectivity index (χ4v) is 1.44. The highest BCUT2D eigenvalue weighted by molar-refractivity contribution is 6.28. The van der Waals surface area contributed by atoms with Crippen LogP contribution < -0.4 is 4.74 Å². The smallest absolute Gasteiger partial charge is 0.321 e. The summed E-state index contributed by atoms with van der Waals surface area (Å²) in [7, 11) is 0. The number of nitrogens with zero attached hydrogens (tertiary/aromatic N) is 3. The number of ether oxygens (including phenoxy) is 1. The van der Waals surface area contributed by atoms with Crippen LogP contribution in [0.4, 0.5) is 8.78 Å². The van der Waals surface area contributed by atoms with E-state index < -0.39 is 11.6 Å². The maximum Gasteiger partial charge on any atom is 0.321 e. The molecule has 94 valence electrons. The first-order valence-corrected chi connectivity index (χ1v) is 5.47. The lowest BCUT2D eigenvalue weighted by molar-refractivity contribution is 0.312. The standard InChI is InChI=1S/C11H8ClF2N3O/c1-2-18-11-16-9(15-10(12)17-11)6-3-4-7(13)8(14)5-6/h3-5H,2H2,1H3. The Labute approximate surface area is 107 Å². The summed E-state index contributed by atoms with van der Waals surface area (Å²) in [5.41, 5.74) is 0.291. The quantitative estimate of drug-likeness (QED) is 0.861. The normalized spacial score (nSPS) is 10.4. The van der Waals surface area contributed by atoms with Crippen molar-refractivity contribution in [1.82, 2.24) is 15.0 Å². The third-order valence-corrected chi connectivity index (χ3v) is 2.21. The van der Waals surface area contributed by atoms with Gasteiger partial charge in [0.25, 0.3) is 0 Å². The summed E-state index contributed by atoms with van der Waals surface area (Å²) in [5.74, 6) is -1.80. The molecule has 1 aromatic carbocycles. The van der Waals surface area contributed by atoms with Crippen LogP contribution in [-0.4, -0.2) is 21.6 Å². The van der Waals surface area contributed by atoms with Crippen molar-refractivity contribution in [3.63, 3.8) is 0 Å². The Morgan fingerprint density at radius 3 is 2.61 bits per heavy atom. The zero-order valence-corrected chi connectivity index (χ0v) is 10.1. The molecular formula is C11H8ClF2N3O. The summed E-state index contributed by atoms with van der Waals surface area (Å²) in [5, 5.41) is -0.0758. The molecule has 0 radical (unpaired) electrons. The number of benzene rings is 1. The highest BCUT2D eigenvalue weighted by atomic mass is 35.5. The molecule has 0 aliphatic heterocycles. The summed E-state index contributed by atoms with van der Waals surface area (Å²) >= 11 is 5.70. The minimum absolute atomic E-state index is 0.0391. The van der Waals surface area contributed by atoms with E-state index in [1.54, 1.807) is 6.92 Å². The molecule has 18 heavy (non-hydrogen) atoms. The van der Waals surface area contributed by atoms with Crippen LogP contribution in [0.5, 0.6) is 6.01 Å². The van der Waals surface area contributed by atoms with Crippen molar-refractivity contribution in [1.29, 1.82) is 0 Å². The van der Waals surface area contributed by atoms with Gasteiger partial charge in [-0.05, 0) is 36.7 Å². The number of aromatic nitrogens is 3. The maximum absolute atomic E-state index is 13.1. The van der Waals surface area contributed by atoms with E-state index in [0.29, 0.717) is 12.2 Å². The molecule has 2 aromatic rings. The second-order valence-corrected chi connectivity index (χ2v) is 3.61. The molecule has 0 saturated carbocycles. The number of hydrogen-bond acceptors (Lipinski definition) is 4. The molecule has 1 heterocycles. The van der Waals surface area contributed by atoms with Crippen LogP contribution in [0, 0.1) is 11.6 Å². The van der Waals surface area contributed by atoms with E-state index in [1.165, 1.54) is 6.07 Å². The highest BCUT2D eigenvalue weighted by Gasteiger charge is 2.10. The van der Waals surface area contributed by atoms with Gasteiger partial charge in [-0.25, -0.2) is 8.78 Å². The molecule has 7 heteroatoms. The van der Waals surface area contributed by atoms with Crippen LogP contribution in [0.2, 0.25) is 5.28 Å². The van der Waals surface area contributed by atoms with Crippen LogP contribution in [0.1, 0.15) is 6.92 Å². The average molecular weight is 272 g/mol. The molecule has 2 rings (SSSR count). The Hall–Kier alpha value is -1.82. The summed E-state index contributed by atoms with van der Waals surface area (Å²) < 4.78 is 31.0. The molecule has 0 fully saturated rings. The molecule has 0 bridgehead atoms. The summed E-state index contributed by atoms with van der Waals surface area (Å²) in [6.07, 6.45) is 0. The summed E-state index contributed by atoms with van der Waals surface area (Å²) in [4.78, 5) is 11.5. The first-order chi connectivity index (χ1) is 8.60. The van der Waals surface area contributed by atoms with Crippen LogP contribution in [0.25, 0.3) is 11.4 Å². The zero-order chi connectivity index (χ0) is 13.1. The second kappa shape index (κ2) is 5.22. The van der Waals surface area contributed by atoms with Gasteiger partial charge in [-0.3, -0.25) is 0 Å². The molecule has 0 unspecified atom stereocenters. The van der Waals surface area contributed by atoms with Gasteiger partial charge in [-0.1, -0.05) is 0 Å². The van der Waals surface area contributed by atoms with Crippen LogP contribution >= 0.6 is 11.6 Å². The molecule has 0 spiro atoms. The molecule has 0 N–H and O–H groups in total. The van der Waals surface area contributed by atoms with Crippen LogP contribution in [0.3, 0.4) is 0 Å². The lowest BCUT2D eigenvalue weighted by Crippen LogP contribution is -2.01. The number of halogens is 3. The van der Waals surface area contributed by atoms with Crippen LogP contribution in [0.15, 0.2) is 18.2 Å². The Morgan fingerprint density at radius 2 is 1.94 bits per heavy atom. The third-order valence-electron chi connectivity index (χ3n) is 2.04. The van der Waals surface area contributed by atoms with Gasteiger partial charge in [0.15, 0.2) is 17.5 Å². The van der Waals surface area contributed by atoms with E-state index >= 15 is 0 Å². The Kier molecular flexibility index (Phi) is 3.66. The van der Waals surface area contributed by atoms with Gasteiger partial charge in [-0.15, -0.1) is 0 Å². The zero-order valence-electron chi connectivity index (χ0n) is 9.32. The van der Waals surface area contributed by atoms with Gasteiger partial charge >= 0.3 is 6.01 Å². The van der Waals surface area contributed by atoms with Gasteiger partial charge in [0.05, 0.1) is 6.61 Å². The van der Waals surface area contributed by atoms with E-state index in [2.05, 4.69) is 15.0 Å². The van der Waals surface area contributed by atoms with Crippen molar-refractivity contribution >= 4 is 11.6 Å². The predicted molar refractivity (Wildman–Crippen MR) is 61.4 cm³/mol. The minimum atomic E-state index is -0.984. The Balaban J connectivity index is 2.46. The monoisotopic (exact) mass is 271 g/mol. The first-order valence-electron chi connectivity index (χ1n) is 5.10. The van der Waals surface area contributed by atoms with Crippen molar-refractivity contribution in [2.75, 3.05) is 6.61 Å². The fraction of sp³-hybridized carbons (Fsp3) is 0.182. The van der Waals surface area contributed by atoms with Crippen molar-refractivity contribution in [2.45, 2.75) is 6.92 Å². The van der Waals surface area contributed by atoms with E-state index in [9.17, 15) is 8.78 Å². The molecule has 0 aliphatic rings. The minimum Gasteiger partial charge on any atom is -0.464 e. The molecular weight excluding hydrogens is 264 g/mol. The van der Waals surface area contributed by atoms with E-state index in [1.807, 2.05) is 0 Å². The van der Waals surface area contributed by atoms with Gasteiger partial charge in [0.1, 0.15) is 0 Å². The molecule has 1 aromatic heterocycles. The Bertz CT molecular complexity index is 580. The third kappa shape index (κ3) is 2.70. The van der Waals surface area contributed by atoms with Gasteiger partial charge in [-0.2, -0.15) is 15.0 Å². The predicted octanol–water partition coefficient (Wildman–Crippen LogP) is 2.87. The number of hydrogen-bond donors (Lipinski definition) is 0. The average Bonchev–Trinajstić information content (AvgIpc) is 2.32. The maximum atomic E-state index is 13.1. The molecule has 0 aliphatic carbocycles. The Morgan fingerprint density at radius 1 is 1.17 bits per heavy atom. The lowest BCUT2D eigenvalue weighted by Gasteiger charge is -2.04. The van der Waals surface area contributed by atoms with Gasteiger partial charge in [0.2, 0.25) is 5.28 Å². The largest absolute Gasteiger partial charge is 0.464 e. The highest BCUT2D eigenvalue weighted by Crippen LogP contribution is 2.20. The number of rotatable bonds is 3. The second-order valence-electron chi connectivity index (χ2n) is 3.27. The topological polar surface area (TPSA) is 47.9 Å². The fourth-order valence-electron chi connectivity index (χ4n) is 1.29. The summed E-state index contributed by atoms with van der Waals surface area (Å²) in [6.45, 7) is 2.12. The van der Waals surface area contributed by atoms with E-state index in [-0.39, 0.29) is 17.1 Å².